The number of carbonyl (C=O) groups is 2. The highest BCUT2D eigenvalue weighted by molar-refractivity contribution is 7.99. The highest BCUT2D eigenvalue weighted by Crippen LogP contribution is 2.40. The molecule has 2 rings (SSSR count). The molecule has 23 heavy (non-hydrogen) atoms. The fraction of sp³-hybridized carbons (Fsp3) is 0.467. The number of benzene rings is 1. The van der Waals surface area contributed by atoms with Gasteiger partial charge in [0.1, 0.15) is 11.5 Å². The molecule has 126 valence electrons. The van der Waals surface area contributed by atoms with E-state index >= 15 is 0 Å². The summed E-state index contributed by atoms with van der Waals surface area (Å²) in [4.78, 5) is 23.8. The number of carbonyl (C=O) groups excluding carboxylic acids is 1. The van der Waals surface area contributed by atoms with Crippen LogP contribution >= 0.6 is 23.4 Å². The van der Waals surface area contributed by atoms with E-state index in [1.165, 1.54) is 20.3 Å². The predicted octanol–water partition coefficient (Wildman–Crippen LogP) is 2.89. The molecule has 8 heteroatoms. The zero-order valence-electron chi connectivity index (χ0n) is 12.8. The lowest BCUT2D eigenvalue weighted by molar-refractivity contribution is -0.149. The molecule has 1 amide bonds. The lowest BCUT2D eigenvalue weighted by atomic mass is 9.84. The Labute approximate surface area is 143 Å². The first kappa shape index (κ1) is 17.7. The molecule has 0 aromatic heterocycles. The number of rotatable bonds is 6. The Morgan fingerprint density at radius 3 is 2.57 bits per heavy atom. The number of carboxylic acid groups (broad SMARTS) is 1. The molecule has 1 saturated heterocycles. The van der Waals surface area contributed by atoms with Gasteiger partial charge in [0.25, 0.3) is 0 Å². The quantitative estimate of drug-likeness (QED) is 0.812. The fourth-order valence-corrected chi connectivity index (χ4v) is 4.13. The third-order valence-electron chi connectivity index (χ3n) is 3.80. The monoisotopic (exact) mass is 359 g/mol. The van der Waals surface area contributed by atoms with Crippen LogP contribution in [0.15, 0.2) is 12.1 Å². The zero-order chi connectivity index (χ0) is 17.0. The maximum atomic E-state index is 12.3. The van der Waals surface area contributed by atoms with Crippen LogP contribution in [0.5, 0.6) is 11.5 Å². The Bertz CT molecular complexity index is 616. The minimum absolute atomic E-state index is 0.0812. The summed E-state index contributed by atoms with van der Waals surface area (Å²) >= 11 is 7.61. The highest BCUT2D eigenvalue weighted by Gasteiger charge is 2.43. The minimum Gasteiger partial charge on any atom is -0.495 e. The summed E-state index contributed by atoms with van der Waals surface area (Å²) in [6.45, 7) is 0. The topological polar surface area (TPSA) is 84.9 Å². The van der Waals surface area contributed by atoms with Gasteiger partial charge in [-0.2, -0.15) is 11.8 Å². The largest absolute Gasteiger partial charge is 0.495 e. The van der Waals surface area contributed by atoms with E-state index in [9.17, 15) is 14.7 Å². The molecule has 0 bridgehead atoms. The minimum atomic E-state index is -1.00. The summed E-state index contributed by atoms with van der Waals surface area (Å²) < 4.78 is 10.3. The van der Waals surface area contributed by atoms with Crippen molar-refractivity contribution in [3.05, 3.63) is 17.2 Å². The van der Waals surface area contributed by atoms with E-state index in [0.29, 0.717) is 34.4 Å². The number of halogens is 1. The van der Waals surface area contributed by atoms with Gasteiger partial charge in [-0.1, -0.05) is 11.6 Å². The number of anilines is 1. The molecule has 0 spiro atoms. The fourth-order valence-electron chi connectivity index (χ4n) is 2.45. The Morgan fingerprint density at radius 1 is 1.35 bits per heavy atom. The Kier molecular flexibility index (Phi) is 5.64. The molecule has 1 atom stereocenters. The molecule has 0 aliphatic carbocycles. The Hall–Kier alpha value is -1.60. The van der Waals surface area contributed by atoms with Gasteiger partial charge in [0.15, 0.2) is 0 Å². The standard InChI is InChI=1S/C15H18ClNO5S/c1-21-11-6-12(22-2)10(5-9(11)16)17-13(18)7-15(14(19)20)3-4-23-8-15/h5-6H,3-4,7-8H2,1-2H3,(H,17,18)(H,19,20)/t15-/m1/s1. The SMILES string of the molecule is COc1cc(OC)c(NC(=O)C[C@]2(C(=O)O)CCSC2)cc1Cl. The number of hydrogen-bond donors (Lipinski definition) is 2. The first-order chi connectivity index (χ1) is 10.9. The molecular formula is C15H18ClNO5S. The third kappa shape index (κ3) is 3.84. The second-order valence-corrected chi connectivity index (χ2v) is 6.81. The van der Waals surface area contributed by atoms with Crippen LogP contribution in [-0.2, 0) is 9.59 Å². The van der Waals surface area contributed by atoms with E-state index in [-0.39, 0.29) is 12.3 Å². The zero-order valence-corrected chi connectivity index (χ0v) is 14.4. The van der Waals surface area contributed by atoms with Crippen molar-refractivity contribution in [1.29, 1.82) is 0 Å². The van der Waals surface area contributed by atoms with Gasteiger partial charge in [0, 0.05) is 18.2 Å². The van der Waals surface area contributed by atoms with E-state index in [0.717, 1.165) is 5.75 Å². The van der Waals surface area contributed by atoms with Crippen molar-refractivity contribution in [3.8, 4) is 11.5 Å². The summed E-state index contributed by atoms with van der Waals surface area (Å²) in [7, 11) is 2.94. The first-order valence-corrected chi connectivity index (χ1v) is 8.47. The van der Waals surface area contributed by atoms with Crippen molar-refractivity contribution < 1.29 is 24.2 Å². The van der Waals surface area contributed by atoms with Crippen molar-refractivity contribution in [1.82, 2.24) is 0 Å². The van der Waals surface area contributed by atoms with Crippen molar-refractivity contribution >= 4 is 40.9 Å². The number of ether oxygens (including phenoxy) is 2. The van der Waals surface area contributed by atoms with E-state index in [2.05, 4.69) is 5.32 Å². The van der Waals surface area contributed by atoms with Crippen molar-refractivity contribution in [3.63, 3.8) is 0 Å². The van der Waals surface area contributed by atoms with Crippen LogP contribution in [0.2, 0.25) is 5.02 Å². The van der Waals surface area contributed by atoms with Crippen molar-refractivity contribution in [2.24, 2.45) is 5.41 Å². The number of amides is 1. The van der Waals surface area contributed by atoms with Crippen LogP contribution in [0.1, 0.15) is 12.8 Å². The molecule has 0 radical (unpaired) electrons. The van der Waals surface area contributed by atoms with E-state index < -0.39 is 11.4 Å². The van der Waals surface area contributed by atoms with Crippen LogP contribution in [0, 0.1) is 5.41 Å². The van der Waals surface area contributed by atoms with E-state index in [1.807, 2.05) is 0 Å². The van der Waals surface area contributed by atoms with Gasteiger partial charge in [0.2, 0.25) is 5.91 Å². The molecule has 0 saturated carbocycles. The highest BCUT2D eigenvalue weighted by atomic mass is 35.5. The van der Waals surface area contributed by atoms with E-state index in [4.69, 9.17) is 21.1 Å². The summed E-state index contributed by atoms with van der Waals surface area (Å²) in [5.41, 5.74) is -0.618. The molecular weight excluding hydrogens is 342 g/mol. The average Bonchev–Trinajstić information content (AvgIpc) is 2.97. The number of aliphatic carboxylic acids is 1. The molecule has 2 N–H and O–H groups in total. The average molecular weight is 360 g/mol. The Balaban J connectivity index is 2.17. The summed E-state index contributed by atoms with van der Waals surface area (Å²) in [6.07, 6.45) is 0.406. The third-order valence-corrected chi connectivity index (χ3v) is 5.35. The summed E-state index contributed by atoms with van der Waals surface area (Å²) in [5.74, 6) is 0.695. The van der Waals surface area contributed by atoms with Crippen LogP contribution in [0.25, 0.3) is 0 Å². The molecule has 1 aromatic carbocycles. The normalized spacial score (nSPS) is 20.1. The van der Waals surface area contributed by atoms with Crippen LogP contribution in [-0.4, -0.2) is 42.7 Å². The number of carboxylic acids is 1. The lowest BCUT2D eigenvalue weighted by Gasteiger charge is -2.22. The number of hydrogen-bond acceptors (Lipinski definition) is 5. The summed E-state index contributed by atoms with van der Waals surface area (Å²) in [6, 6.07) is 3.09. The van der Waals surface area contributed by atoms with Gasteiger partial charge >= 0.3 is 5.97 Å². The second-order valence-electron chi connectivity index (χ2n) is 5.30. The smallest absolute Gasteiger partial charge is 0.311 e. The molecule has 1 heterocycles. The Morgan fingerprint density at radius 2 is 2.04 bits per heavy atom. The molecule has 1 aromatic rings. The van der Waals surface area contributed by atoms with Gasteiger partial charge in [0.05, 0.1) is 30.3 Å². The first-order valence-electron chi connectivity index (χ1n) is 6.94. The number of nitrogens with one attached hydrogen (secondary N) is 1. The van der Waals surface area contributed by atoms with Gasteiger partial charge in [-0.3, -0.25) is 9.59 Å². The van der Waals surface area contributed by atoms with Gasteiger partial charge in [-0.25, -0.2) is 0 Å². The lowest BCUT2D eigenvalue weighted by Crippen LogP contribution is -2.35. The maximum Gasteiger partial charge on any atom is 0.311 e. The molecule has 1 fully saturated rings. The van der Waals surface area contributed by atoms with Crippen molar-refractivity contribution in [2.75, 3.05) is 31.0 Å². The molecule has 1 aliphatic heterocycles. The van der Waals surface area contributed by atoms with Crippen molar-refractivity contribution in [2.45, 2.75) is 12.8 Å². The predicted molar refractivity (Wildman–Crippen MR) is 89.8 cm³/mol. The number of methoxy groups -OCH3 is 2. The van der Waals surface area contributed by atoms with Gasteiger partial charge in [-0.05, 0) is 18.2 Å². The van der Waals surface area contributed by atoms with E-state index in [1.54, 1.807) is 17.8 Å². The van der Waals surface area contributed by atoms with Gasteiger partial charge in [-0.15, -0.1) is 0 Å². The molecule has 0 unspecified atom stereocenters. The van der Waals surface area contributed by atoms with Crippen LogP contribution < -0.4 is 14.8 Å². The molecule has 1 aliphatic rings. The number of thioether (sulfide) groups is 1. The van der Waals surface area contributed by atoms with Crippen LogP contribution in [0.3, 0.4) is 0 Å². The molecule has 6 nitrogen and oxygen atoms in total. The van der Waals surface area contributed by atoms with Gasteiger partial charge < -0.3 is 19.9 Å². The van der Waals surface area contributed by atoms with Crippen LogP contribution in [0.4, 0.5) is 5.69 Å². The maximum absolute atomic E-state index is 12.3. The second kappa shape index (κ2) is 7.31. The summed E-state index contributed by atoms with van der Waals surface area (Å²) in [5, 5.41) is 12.4.